The fourth-order valence-electron chi connectivity index (χ4n) is 2.67. The number of carboxylic acid groups (broad SMARTS) is 1. The second kappa shape index (κ2) is 8.49. The van der Waals surface area contributed by atoms with Gasteiger partial charge in [0.15, 0.2) is 0 Å². The second-order valence-corrected chi connectivity index (χ2v) is 6.92. The van der Waals surface area contributed by atoms with E-state index in [1.165, 1.54) is 6.92 Å². The molecule has 0 radical (unpaired) electrons. The minimum absolute atomic E-state index is 0.0892. The first-order valence-corrected chi connectivity index (χ1v) is 8.66. The monoisotopic (exact) mass is 368 g/mol. The molecular formula is C21H24N2O4. The molecule has 3 N–H and O–H groups in total. The van der Waals surface area contributed by atoms with E-state index in [1.807, 2.05) is 30.3 Å². The molecule has 142 valence electrons. The maximum absolute atomic E-state index is 12.4. The van der Waals surface area contributed by atoms with Gasteiger partial charge < -0.3 is 15.7 Å². The SMILES string of the molecule is CC(=O)NC(CC(=O)Nc1ccc(C(C)(C)C(=O)O)cc1)c1ccccc1. The zero-order chi connectivity index (χ0) is 20.0. The molecule has 0 aliphatic carbocycles. The fourth-order valence-corrected chi connectivity index (χ4v) is 2.67. The van der Waals surface area contributed by atoms with Crippen molar-refractivity contribution in [2.45, 2.75) is 38.6 Å². The highest BCUT2D eigenvalue weighted by Gasteiger charge is 2.29. The first kappa shape index (κ1) is 20.2. The van der Waals surface area contributed by atoms with Crippen LogP contribution in [0.3, 0.4) is 0 Å². The Morgan fingerprint density at radius 1 is 1.00 bits per heavy atom. The lowest BCUT2D eigenvalue weighted by Gasteiger charge is -2.20. The Balaban J connectivity index is 2.07. The third kappa shape index (κ3) is 5.41. The van der Waals surface area contributed by atoms with Gasteiger partial charge in [-0.25, -0.2) is 0 Å². The lowest BCUT2D eigenvalue weighted by atomic mass is 9.85. The van der Waals surface area contributed by atoms with Crippen molar-refractivity contribution in [3.8, 4) is 0 Å². The van der Waals surface area contributed by atoms with Gasteiger partial charge in [0.2, 0.25) is 11.8 Å². The third-order valence-electron chi connectivity index (χ3n) is 4.39. The number of carbonyl (C=O) groups is 3. The van der Waals surface area contributed by atoms with Gasteiger partial charge in [-0.1, -0.05) is 42.5 Å². The van der Waals surface area contributed by atoms with Crippen LogP contribution < -0.4 is 10.6 Å². The number of anilines is 1. The van der Waals surface area contributed by atoms with Crippen molar-refractivity contribution in [3.63, 3.8) is 0 Å². The number of rotatable bonds is 7. The number of carbonyl (C=O) groups excluding carboxylic acids is 2. The summed E-state index contributed by atoms with van der Waals surface area (Å²) >= 11 is 0. The highest BCUT2D eigenvalue weighted by molar-refractivity contribution is 5.91. The minimum atomic E-state index is -1.01. The number of carboxylic acids is 1. The van der Waals surface area contributed by atoms with Gasteiger partial charge >= 0.3 is 5.97 Å². The molecule has 2 amide bonds. The molecular weight excluding hydrogens is 344 g/mol. The maximum atomic E-state index is 12.4. The predicted octanol–water partition coefficient (Wildman–Crippen LogP) is 3.25. The number of amides is 2. The van der Waals surface area contributed by atoms with E-state index in [-0.39, 0.29) is 18.2 Å². The molecule has 0 aliphatic rings. The molecule has 0 heterocycles. The van der Waals surface area contributed by atoms with Crippen molar-refractivity contribution in [1.29, 1.82) is 0 Å². The molecule has 0 spiro atoms. The quantitative estimate of drug-likeness (QED) is 0.699. The molecule has 6 nitrogen and oxygen atoms in total. The van der Waals surface area contributed by atoms with E-state index < -0.39 is 17.4 Å². The smallest absolute Gasteiger partial charge is 0.313 e. The summed E-state index contributed by atoms with van der Waals surface area (Å²) in [6.45, 7) is 4.67. The maximum Gasteiger partial charge on any atom is 0.313 e. The molecule has 0 saturated carbocycles. The Morgan fingerprint density at radius 2 is 1.59 bits per heavy atom. The van der Waals surface area contributed by atoms with Gasteiger partial charge in [0, 0.05) is 12.6 Å². The van der Waals surface area contributed by atoms with E-state index in [9.17, 15) is 19.5 Å². The average Bonchev–Trinajstić information content (AvgIpc) is 2.62. The van der Waals surface area contributed by atoms with Gasteiger partial charge in [-0.05, 0) is 37.1 Å². The van der Waals surface area contributed by atoms with Gasteiger partial charge in [0.1, 0.15) is 0 Å². The molecule has 1 atom stereocenters. The second-order valence-electron chi connectivity index (χ2n) is 6.92. The Bertz CT molecular complexity index is 814. The number of hydrogen-bond acceptors (Lipinski definition) is 3. The molecule has 0 saturated heterocycles. The molecule has 0 bridgehead atoms. The first-order chi connectivity index (χ1) is 12.7. The van der Waals surface area contributed by atoms with Gasteiger partial charge in [-0.2, -0.15) is 0 Å². The zero-order valence-corrected chi connectivity index (χ0v) is 15.7. The standard InChI is InChI=1S/C21H24N2O4/c1-14(24)22-18(15-7-5-4-6-8-15)13-19(25)23-17-11-9-16(10-12-17)21(2,3)20(26)27/h4-12,18H,13H2,1-3H3,(H,22,24)(H,23,25)(H,26,27). The molecule has 0 aromatic heterocycles. The van der Waals surface area contributed by atoms with Gasteiger partial charge in [0.05, 0.1) is 17.9 Å². The van der Waals surface area contributed by atoms with Crippen molar-refractivity contribution >= 4 is 23.5 Å². The summed E-state index contributed by atoms with van der Waals surface area (Å²) in [5, 5.41) is 14.9. The van der Waals surface area contributed by atoms with Crippen LogP contribution in [0.1, 0.15) is 44.4 Å². The van der Waals surface area contributed by atoms with Crippen molar-refractivity contribution in [3.05, 3.63) is 65.7 Å². The summed E-state index contributed by atoms with van der Waals surface area (Å²) < 4.78 is 0. The van der Waals surface area contributed by atoms with Crippen molar-refractivity contribution in [2.75, 3.05) is 5.32 Å². The third-order valence-corrected chi connectivity index (χ3v) is 4.39. The van der Waals surface area contributed by atoms with Crippen LogP contribution in [0, 0.1) is 0 Å². The molecule has 2 aromatic carbocycles. The summed E-state index contributed by atoms with van der Waals surface area (Å²) in [5.41, 5.74) is 1.06. The lowest BCUT2D eigenvalue weighted by Crippen LogP contribution is -2.30. The number of aliphatic carboxylic acids is 1. The van der Waals surface area contributed by atoms with Crippen molar-refractivity contribution in [2.24, 2.45) is 0 Å². The molecule has 27 heavy (non-hydrogen) atoms. The van der Waals surface area contributed by atoms with Crippen LogP contribution in [0.15, 0.2) is 54.6 Å². The zero-order valence-electron chi connectivity index (χ0n) is 15.7. The molecule has 2 rings (SSSR count). The van der Waals surface area contributed by atoms with E-state index in [1.54, 1.807) is 38.1 Å². The molecule has 6 heteroatoms. The van der Waals surface area contributed by atoms with Crippen molar-refractivity contribution in [1.82, 2.24) is 5.32 Å². The topological polar surface area (TPSA) is 95.5 Å². The average molecular weight is 368 g/mol. The lowest BCUT2D eigenvalue weighted by molar-refractivity contribution is -0.142. The highest BCUT2D eigenvalue weighted by atomic mass is 16.4. The van der Waals surface area contributed by atoms with Gasteiger partial charge in [-0.3, -0.25) is 14.4 Å². The van der Waals surface area contributed by atoms with Gasteiger partial charge in [-0.15, -0.1) is 0 Å². The number of benzene rings is 2. The summed E-state index contributed by atoms with van der Waals surface area (Å²) in [6.07, 6.45) is 0.0892. The normalized spacial score (nSPS) is 12.1. The molecule has 0 aliphatic heterocycles. The van der Waals surface area contributed by atoms with Crippen LogP contribution in [0.5, 0.6) is 0 Å². The summed E-state index contributed by atoms with van der Waals surface area (Å²) in [4.78, 5) is 35.2. The van der Waals surface area contributed by atoms with Crippen LogP contribution in [-0.4, -0.2) is 22.9 Å². The van der Waals surface area contributed by atoms with E-state index in [0.717, 1.165) is 5.56 Å². The Morgan fingerprint density at radius 3 is 2.11 bits per heavy atom. The summed E-state index contributed by atoms with van der Waals surface area (Å²) in [6, 6.07) is 15.6. The minimum Gasteiger partial charge on any atom is -0.481 e. The van der Waals surface area contributed by atoms with E-state index >= 15 is 0 Å². The van der Waals surface area contributed by atoms with E-state index in [0.29, 0.717) is 11.3 Å². The largest absolute Gasteiger partial charge is 0.481 e. The molecule has 1 unspecified atom stereocenters. The summed E-state index contributed by atoms with van der Waals surface area (Å²) in [5.74, 6) is -1.37. The molecule has 0 fully saturated rings. The van der Waals surface area contributed by atoms with Crippen LogP contribution in [0.4, 0.5) is 5.69 Å². The summed E-state index contributed by atoms with van der Waals surface area (Å²) in [7, 11) is 0. The van der Waals surface area contributed by atoms with Crippen molar-refractivity contribution < 1.29 is 19.5 Å². The van der Waals surface area contributed by atoms with Gasteiger partial charge in [0.25, 0.3) is 0 Å². The van der Waals surface area contributed by atoms with Crippen LogP contribution in [-0.2, 0) is 19.8 Å². The predicted molar refractivity (Wildman–Crippen MR) is 103 cm³/mol. The molecule has 2 aromatic rings. The van der Waals surface area contributed by atoms with Crippen LogP contribution >= 0.6 is 0 Å². The van der Waals surface area contributed by atoms with E-state index in [4.69, 9.17) is 0 Å². The number of hydrogen-bond donors (Lipinski definition) is 3. The van der Waals surface area contributed by atoms with Crippen LogP contribution in [0.2, 0.25) is 0 Å². The number of nitrogens with one attached hydrogen (secondary N) is 2. The fraction of sp³-hybridized carbons (Fsp3) is 0.286. The Labute approximate surface area is 158 Å². The van der Waals surface area contributed by atoms with E-state index in [2.05, 4.69) is 10.6 Å². The highest BCUT2D eigenvalue weighted by Crippen LogP contribution is 2.25. The van der Waals surface area contributed by atoms with Crippen LogP contribution in [0.25, 0.3) is 0 Å². The first-order valence-electron chi connectivity index (χ1n) is 8.66. The Hall–Kier alpha value is -3.15. The Kier molecular flexibility index (Phi) is 6.34.